The molecule has 1 amide bonds. The summed E-state index contributed by atoms with van der Waals surface area (Å²) in [6.07, 6.45) is 1.77. The van der Waals surface area contributed by atoms with Crippen molar-refractivity contribution in [3.05, 3.63) is 23.4 Å². The monoisotopic (exact) mass is 336 g/mol. The van der Waals surface area contributed by atoms with E-state index in [0.717, 1.165) is 4.88 Å². The number of aryl methyl sites for hydroxylation is 1. The first-order valence-corrected chi connectivity index (χ1v) is 8.60. The molecule has 2 N–H and O–H groups in total. The van der Waals surface area contributed by atoms with Gasteiger partial charge in [0.1, 0.15) is 0 Å². The molecular weight excluding hydrogens is 312 g/mol. The van der Waals surface area contributed by atoms with Crippen LogP contribution >= 0.6 is 11.3 Å². The van der Waals surface area contributed by atoms with Crippen molar-refractivity contribution >= 4 is 17.2 Å². The summed E-state index contributed by atoms with van der Waals surface area (Å²) in [5.41, 5.74) is 5.65. The van der Waals surface area contributed by atoms with Crippen LogP contribution in [0.15, 0.2) is 22.0 Å². The van der Waals surface area contributed by atoms with E-state index in [0.29, 0.717) is 44.1 Å². The van der Waals surface area contributed by atoms with Crippen molar-refractivity contribution in [2.75, 3.05) is 20.1 Å². The van der Waals surface area contributed by atoms with Gasteiger partial charge in [0.05, 0.1) is 4.88 Å². The maximum atomic E-state index is 12.1. The van der Waals surface area contributed by atoms with Crippen molar-refractivity contribution in [3.63, 3.8) is 0 Å². The largest absolute Gasteiger partial charge is 0.345 e. The van der Waals surface area contributed by atoms with Crippen LogP contribution in [0.2, 0.25) is 0 Å². The van der Waals surface area contributed by atoms with Crippen LogP contribution in [0.4, 0.5) is 0 Å². The highest BCUT2D eigenvalue weighted by Gasteiger charge is 2.21. The maximum absolute atomic E-state index is 12.1. The Morgan fingerprint density at radius 3 is 2.91 bits per heavy atom. The predicted molar refractivity (Wildman–Crippen MR) is 91.0 cm³/mol. The molecule has 126 valence electrons. The molecule has 0 spiro atoms. The summed E-state index contributed by atoms with van der Waals surface area (Å²) >= 11 is 1.57. The summed E-state index contributed by atoms with van der Waals surface area (Å²) in [6.45, 7) is 5.33. The molecule has 0 radical (unpaired) electrons. The Bertz CT molecular complexity index is 622. The molecule has 0 fully saturated rings. The van der Waals surface area contributed by atoms with E-state index in [9.17, 15) is 4.79 Å². The number of aromatic nitrogens is 2. The smallest absolute Gasteiger partial charge is 0.226 e. The number of rotatable bonds is 8. The Kier molecular flexibility index (Phi) is 5.90. The van der Waals surface area contributed by atoms with Crippen LogP contribution < -0.4 is 5.73 Å². The Morgan fingerprint density at radius 1 is 1.48 bits per heavy atom. The first-order chi connectivity index (χ1) is 10.9. The normalized spacial score (nSPS) is 11.7. The van der Waals surface area contributed by atoms with Crippen LogP contribution in [0.3, 0.4) is 0 Å². The van der Waals surface area contributed by atoms with Gasteiger partial charge in [-0.2, -0.15) is 4.98 Å². The maximum Gasteiger partial charge on any atom is 0.226 e. The lowest BCUT2D eigenvalue weighted by atomic mass is 9.93. The van der Waals surface area contributed by atoms with Crippen LogP contribution in [0.1, 0.15) is 32.6 Å². The van der Waals surface area contributed by atoms with Crippen LogP contribution in [-0.2, 0) is 11.2 Å². The first-order valence-electron chi connectivity index (χ1n) is 7.72. The van der Waals surface area contributed by atoms with Crippen molar-refractivity contribution in [2.24, 2.45) is 11.1 Å². The van der Waals surface area contributed by atoms with Crippen LogP contribution in [-0.4, -0.2) is 41.1 Å². The summed E-state index contributed by atoms with van der Waals surface area (Å²) in [4.78, 5) is 19.2. The molecule has 0 saturated carbocycles. The number of carbonyl (C=O) groups is 1. The van der Waals surface area contributed by atoms with E-state index in [4.69, 9.17) is 10.3 Å². The van der Waals surface area contributed by atoms with E-state index in [1.165, 1.54) is 0 Å². The number of hydrogen-bond acceptors (Lipinski definition) is 6. The fraction of sp³-hybridized carbons (Fsp3) is 0.562. The minimum absolute atomic E-state index is 0.0630. The zero-order chi connectivity index (χ0) is 16.9. The average Bonchev–Trinajstić information content (AvgIpc) is 3.17. The predicted octanol–water partition coefficient (Wildman–Crippen LogP) is 2.56. The lowest BCUT2D eigenvalue weighted by Crippen LogP contribution is -2.39. The second-order valence-corrected chi connectivity index (χ2v) is 7.41. The number of amides is 1. The fourth-order valence-electron chi connectivity index (χ4n) is 2.24. The van der Waals surface area contributed by atoms with Gasteiger partial charge in [-0.05, 0) is 29.8 Å². The average molecular weight is 336 g/mol. The molecule has 0 aliphatic rings. The van der Waals surface area contributed by atoms with E-state index >= 15 is 0 Å². The van der Waals surface area contributed by atoms with Crippen molar-refractivity contribution in [2.45, 2.75) is 33.1 Å². The highest BCUT2D eigenvalue weighted by atomic mass is 32.1. The molecule has 2 aromatic heterocycles. The molecule has 0 bridgehead atoms. The number of nitrogens with zero attached hydrogens (tertiary/aromatic N) is 3. The van der Waals surface area contributed by atoms with Gasteiger partial charge in [0.2, 0.25) is 17.6 Å². The second-order valence-electron chi connectivity index (χ2n) is 6.46. The molecule has 0 aliphatic carbocycles. The van der Waals surface area contributed by atoms with Gasteiger partial charge < -0.3 is 15.2 Å². The zero-order valence-electron chi connectivity index (χ0n) is 13.9. The molecule has 0 aromatic carbocycles. The third-order valence-corrected chi connectivity index (χ3v) is 4.50. The number of carbonyl (C=O) groups excluding carboxylic acids is 1. The molecule has 2 rings (SSSR count). The van der Waals surface area contributed by atoms with Crippen LogP contribution in [0.5, 0.6) is 0 Å². The third kappa shape index (κ3) is 5.14. The SMILES string of the molecule is CN(CC(C)(C)CN)C(=O)CCCc1nc(-c2cccs2)no1. The van der Waals surface area contributed by atoms with Crippen molar-refractivity contribution < 1.29 is 9.32 Å². The quantitative estimate of drug-likeness (QED) is 0.801. The molecule has 2 aromatic rings. The van der Waals surface area contributed by atoms with Crippen LogP contribution in [0, 0.1) is 5.41 Å². The summed E-state index contributed by atoms with van der Waals surface area (Å²) < 4.78 is 5.23. The standard InChI is InChI=1S/C16H24N4O2S/c1-16(2,10-17)11-20(3)14(21)8-4-7-13-18-15(19-22-13)12-6-5-9-23-12/h5-6,9H,4,7-8,10-11,17H2,1-3H3. The van der Waals surface area contributed by atoms with Crippen molar-refractivity contribution in [1.82, 2.24) is 15.0 Å². The molecule has 6 nitrogen and oxygen atoms in total. The zero-order valence-corrected chi connectivity index (χ0v) is 14.7. The fourth-order valence-corrected chi connectivity index (χ4v) is 2.89. The molecular formula is C16H24N4O2S. The number of nitrogens with two attached hydrogens (primary N) is 1. The van der Waals surface area contributed by atoms with E-state index in [1.807, 2.05) is 24.6 Å². The van der Waals surface area contributed by atoms with Gasteiger partial charge in [-0.15, -0.1) is 11.3 Å². The minimum Gasteiger partial charge on any atom is -0.345 e. The van der Waals surface area contributed by atoms with Gasteiger partial charge in [-0.25, -0.2) is 0 Å². The Hall–Kier alpha value is -1.73. The Morgan fingerprint density at radius 2 is 2.26 bits per heavy atom. The second kappa shape index (κ2) is 7.70. The topological polar surface area (TPSA) is 85.2 Å². The van der Waals surface area contributed by atoms with Gasteiger partial charge in [-0.1, -0.05) is 25.1 Å². The highest BCUT2D eigenvalue weighted by molar-refractivity contribution is 7.13. The van der Waals surface area contributed by atoms with Gasteiger partial charge in [0.15, 0.2) is 0 Å². The van der Waals surface area contributed by atoms with Crippen molar-refractivity contribution in [3.8, 4) is 10.7 Å². The van der Waals surface area contributed by atoms with E-state index in [-0.39, 0.29) is 11.3 Å². The molecule has 7 heteroatoms. The Labute approximate surface area is 140 Å². The molecule has 0 saturated heterocycles. The van der Waals surface area contributed by atoms with Gasteiger partial charge in [-0.3, -0.25) is 4.79 Å². The molecule has 0 unspecified atom stereocenters. The minimum atomic E-state index is -0.0630. The van der Waals surface area contributed by atoms with E-state index in [1.54, 1.807) is 16.2 Å². The van der Waals surface area contributed by atoms with Gasteiger partial charge in [0.25, 0.3) is 0 Å². The van der Waals surface area contributed by atoms with Crippen molar-refractivity contribution in [1.29, 1.82) is 0 Å². The third-order valence-electron chi connectivity index (χ3n) is 3.63. The molecule has 2 heterocycles. The van der Waals surface area contributed by atoms with E-state index < -0.39 is 0 Å². The summed E-state index contributed by atoms with van der Waals surface area (Å²) in [5, 5.41) is 5.94. The lowest BCUT2D eigenvalue weighted by Gasteiger charge is -2.29. The number of hydrogen-bond donors (Lipinski definition) is 1. The summed E-state index contributed by atoms with van der Waals surface area (Å²) in [6, 6.07) is 3.91. The lowest BCUT2D eigenvalue weighted by molar-refractivity contribution is -0.131. The summed E-state index contributed by atoms with van der Waals surface area (Å²) in [7, 11) is 1.82. The highest BCUT2D eigenvalue weighted by Crippen LogP contribution is 2.21. The first kappa shape index (κ1) is 17.6. The molecule has 0 atom stereocenters. The Balaban J connectivity index is 1.77. The molecule has 23 heavy (non-hydrogen) atoms. The van der Waals surface area contributed by atoms with Gasteiger partial charge in [0, 0.05) is 26.4 Å². The molecule has 0 aliphatic heterocycles. The van der Waals surface area contributed by atoms with Gasteiger partial charge >= 0.3 is 0 Å². The summed E-state index contributed by atoms with van der Waals surface area (Å²) in [5.74, 6) is 1.30. The number of thiophene rings is 1. The van der Waals surface area contributed by atoms with Crippen LogP contribution in [0.25, 0.3) is 10.7 Å². The van der Waals surface area contributed by atoms with E-state index in [2.05, 4.69) is 24.0 Å².